The first kappa shape index (κ1) is 18.8. The SMILES string of the molecule is CC[CH2][Ti](=[SiH2])([Cl])([C]1=CC=CC1)[C]1=CC=CC1.Cl.Cl. The molecule has 0 aliphatic heterocycles. The minimum Gasteiger partial charge on any atom is -0.147 e. The average Bonchev–Trinajstić information content (AvgIpc) is 2.93. The molecule has 0 atom stereocenters. The van der Waals surface area contributed by atoms with Gasteiger partial charge in [0, 0.05) is 0 Å². The van der Waals surface area contributed by atoms with E-state index in [0.29, 0.717) is 0 Å². The molecule has 0 aromatic rings. The zero-order valence-corrected chi connectivity index (χ0v) is 16.1. The molecule has 0 unspecified atom stereocenters. The Hall–Kier alpha value is 0.761. The van der Waals surface area contributed by atoms with Gasteiger partial charge in [0.15, 0.2) is 0 Å². The van der Waals surface area contributed by atoms with Crippen LogP contribution in [-0.2, 0) is 13.0 Å². The van der Waals surface area contributed by atoms with E-state index in [4.69, 9.17) is 9.30 Å². The second kappa shape index (κ2) is 6.97. The van der Waals surface area contributed by atoms with Crippen molar-refractivity contribution in [2.45, 2.75) is 30.9 Å². The quantitative estimate of drug-likeness (QED) is 0.636. The van der Waals surface area contributed by atoms with Gasteiger partial charge in [-0.05, 0) is 0 Å². The van der Waals surface area contributed by atoms with Gasteiger partial charge < -0.3 is 0 Å². The normalized spacial score (nSPS) is 17.9. The third kappa shape index (κ3) is 3.26. The van der Waals surface area contributed by atoms with Gasteiger partial charge in [-0.2, -0.15) is 0 Å². The van der Waals surface area contributed by atoms with Crippen LogP contribution in [0.3, 0.4) is 0 Å². The third-order valence-electron chi connectivity index (χ3n) is 3.79. The molecule has 2 aliphatic rings. The van der Waals surface area contributed by atoms with E-state index in [-0.39, 0.29) is 24.8 Å². The molecule has 102 valence electrons. The maximum absolute atomic E-state index is 7.29. The summed E-state index contributed by atoms with van der Waals surface area (Å²) in [4.78, 5) is 0. The molecule has 18 heavy (non-hydrogen) atoms. The fourth-order valence-corrected chi connectivity index (χ4v) is 14.9. The molecule has 0 amide bonds. The summed E-state index contributed by atoms with van der Waals surface area (Å²) in [6, 6.07) is 0. The molecular weight excluding hydrogens is 338 g/mol. The van der Waals surface area contributed by atoms with Crippen molar-refractivity contribution in [1.29, 1.82) is 0 Å². The Morgan fingerprint density at radius 3 is 1.83 bits per heavy atom. The molecule has 0 aromatic heterocycles. The van der Waals surface area contributed by atoms with Gasteiger partial charge in [0.1, 0.15) is 0 Å². The largest absolute Gasteiger partial charge is 0.147 e. The zero-order valence-electron chi connectivity index (χ0n) is 10.7. The summed E-state index contributed by atoms with van der Waals surface area (Å²) >= 11 is -3.03. The monoisotopic (exact) mass is 358 g/mol. The van der Waals surface area contributed by atoms with Crippen LogP contribution in [0.5, 0.6) is 0 Å². The summed E-state index contributed by atoms with van der Waals surface area (Å²) in [6.07, 6.45) is 16.8. The molecule has 5 heteroatoms. The molecule has 0 nitrogen and oxygen atoms in total. The first-order valence-corrected chi connectivity index (χ1v) is 14.9. The Balaban J connectivity index is 0.00000144. The number of rotatable bonds is 4. The molecule has 0 aromatic carbocycles. The number of halogens is 3. The average molecular weight is 360 g/mol. The summed E-state index contributed by atoms with van der Waals surface area (Å²) in [7, 11) is 9.44. The molecule has 0 radical (unpaired) electrons. The van der Waals surface area contributed by atoms with Crippen LogP contribution in [0.1, 0.15) is 26.2 Å². The van der Waals surface area contributed by atoms with Crippen LogP contribution in [0.4, 0.5) is 0 Å². The molecule has 2 rings (SSSR count). The topological polar surface area (TPSA) is 0 Å². The summed E-state index contributed by atoms with van der Waals surface area (Å²) < 4.78 is 4.31. The van der Waals surface area contributed by atoms with Crippen LogP contribution in [-0.4, -0.2) is 7.63 Å². The van der Waals surface area contributed by atoms with Gasteiger partial charge in [-0.25, -0.2) is 0 Å². The second-order valence-corrected chi connectivity index (χ2v) is 24.6. The van der Waals surface area contributed by atoms with E-state index in [2.05, 4.69) is 51.0 Å². The molecule has 0 saturated heterocycles. The number of hydrogen-bond donors (Lipinski definition) is 0. The second-order valence-electron chi connectivity index (χ2n) is 4.94. The van der Waals surface area contributed by atoms with Crippen molar-refractivity contribution in [3.63, 3.8) is 0 Å². The first-order valence-electron chi connectivity index (χ1n) is 6.04. The number of hydrogen-bond acceptors (Lipinski definition) is 0. The van der Waals surface area contributed by atoms with Crippen molar-refractivity contribution in [2.75, 3.05) is 0 Å². The van der Waals surface area contributed by atoms with Gasteiger partial charge in [-0.15, -0.1) is 24.8 Å². The zero-order chi connectivity index (χ0) is 11.7. The number of allylic oxidation sites excluding steroid dienone is 8. The molecule has 0 spiro atoms. The van der Waals surface area contributed by atoms with Gasteiger partial charge in [-0.3, -0.25) is 0 Å². The van der Waals surface area contributed by atoms with E-state index in [1.54, 1.807) is 7.76 Å². The van der Waals surface area contributed by atoms with Crippen molar-refractivity contribution in [3.8, 4) is 0 Å². The van der Waals surface area contributed by atoms with Crippen molar-refractivity contribution < 1.29 is 13.0 Å². The molecular formula is C13H21Cl3SiTi. The Kier molecular flexibility index (Phi) is 7.26. The van der Waals surface area contributed by atoms with Crippen molar-refractivity contribution >= 4 is 41.8 Å². The van der Waals surface area contributed by atoms with E-state index in [0.717, 1.165) is 12.8 Å². The van der Waals surface area contributed by atoms with Gasteiger partial charge in [0.05, 0.1) is 0 Å². The van der Waals surface area contributed by atoms with Gasteiger partial charge >= 0.3 is 105 Å². The molecule has 0 saturated carbocycles. The Bertz CT molecular complexity index is 452. The van der Waals surface area contributed by atoms with Crippen LogP contribution < -0.4 is 0 Å². The van der Waals surface area contributed by atoms with Crippen LogP contribution in [0, 0.1) is 0 Å². The van der Waals surface area contributed by atoms with Crippen LogP contribution >= 0.6 is 34.1 Å². The summed E-state index contributed by atoms with van der Waals surface area (Å²) in [6.45, 7) is 2.26. The minimum atomic E-state index is -3.03. The molecule has 2 aliphatic carbocycles. The Morgan fingerprint density at radius 1 is 1.11 bits per heavy atom. The molecule has 0 heterocycles. The van der Waals surface area contributed by atoms with E-state index in [1.165, 1.54) is 11.1 Å². The minimum absolute atomic E-state index is 0. The fourth-order valence-electron chi connectivity index (χ4n) is 2.79. The maximum atomic E-state index is 7.29. The van der Waals surface area contributed by atoms with E-state index in [1.807, 2.05) is 0 Å². The third-order valence-corrected chi connectivity index (χ3v) is 19.9. The van der Waals surface area contributed by atoms with Gasteiger partial charge in [-0.1, -0.05) is 0 Å². The van der Waals surface area contributed by atoms with E-state index >= 15 is 0 Å². The standard InChI is InChI=1S/2C5H5.C3H7.3ClH.H2Si.Ti/c2*1-2-4-5-3-1;1-3-2;;;;;/h2*1-3H,4H2;1,3H2,2H3;3*1H;1H2;/q;;;;;;;+1/p-1. The maximum Gasteiger partial charge on any atom is -0.147 e. The van der Waals surface area contributed by atoms with Crippen LogP contribution in [0.15, 0.2) is 44.2 Å². The van der Waals surface area contributed by atoms with Gasteiger partial charge in [0.2, 0.25) is 0 Å². The predicted octanol–water partition coefficient (Wildman–Crippen LogP) is 4.74. The predicted molar refractivity (Wildman–Crippen MR) is 87.7 cm³/mol. The van der Waals surface area contributed by atoms with Crippen molar-refractivity contribution in [3.05, 3.63) is 44.2 Å². The van der Waals surface area contributed by atoms with E-state index in [9.17, 15) is 0 Å². The van der Waals surface area contributed by atoms with Crippen LogP contribution in [0.25, 0.3) is 0 Å². The molecule has 0 fully saturated rings. The van der Waals surface area contributed by atoms with E-state index < -0.39 is 13.0 Å². The van der Waals surface area contributed by atoms with Gasteiger partial charge in [0.25, 0.3) is 0 Å². The van der Waals surface area contributed by atoms with Crippen LogP contribution in [0.2, 0.25) is 4.73 Å². The fraction of sp³-hybridized carbons (Fsp3) is 0.385. The Labute approximate surface area is 129 Å². The summed E-state index contributed by atoms with van der Waals surface area (Å²) in [5.74, 6) is 0. The van der Waals surface area contributed by atoms with Crippen molar-refractivity contribution in [1.82, 2.24) is 0 Å². The molecule has 0 bridgehead atoms. The van der Waals surface area contributed by atoms with Crippen molar-refractivity contribution in [2.24, 2.45) is 0 Å². The summed E-state index contributed by atoms with van der Waals surface area (Å²) in [5, 5.41) is 0. The smallest absolute Gasteiger partial charge is 0.147 e. The first-order chi connectivity index (χ1) is 7.57. The Morgan fingerprint density at radius 2 is 1.56 bits per heavy atom. The summed E-state index contributed by atoms with van der Waals surface area (Å²) in [5.41, 5.74) is 0. The molecule has 0 N–H and O–H groups in total.